The molecular weight excluding hydrogens is 400 g/mol. The second-order valence-electron chi connectivity index (χ2n) is 7.90. The highest BCUT2D eigenvalue weighted by atomic mass is 32.2. The molecule has 1 fully saturated rings. The van der Waals surface area contributed by atoms with Crippen LogP contribution in [0.1, 0.15) is 42.6 Å². The van der Waals surface area contributed by atoms with Gasteiger partial charge in [-0.1, -0.05) is 30.3 Å². The molecule has 0 atom stereocenters. The minimum atomic E-state index is -3.54. The zero-order valence-corrected chi connectivity index (χ0v) is 18.6. The van der Waals surface area contributed by atoms with Gasteiger partial charge < -0.3 is 9.64 Å². The van der Waals surface area contributed by atoms with E-state index < -0.39 is 21.2 Å². The minimum Gasteiger partial charge on any atom is -0.465 e. The lowest BCUT2D eigenvalue weighted by Gasteiger charge is -2.37. The predicted octanol–water partition coefficient (Wildman–Crippen LogP) is 3.68. The van der Waals surface area contributed by atoms with Gasteiger partial charge in [0.15, 0.2) is 0 Å². The van der Waals surface area contributed by atoms with Gasteiger partial charge in [0.1, 0.15) is 0 Å². The van der Waals surface area contributed by atoms with Gasteiger partial charge in [-0.25, -0.2) is 13.2 Å². The average molecular weight is 431 g/mol. The second-order valence-corrected chi connectivity index (χ2v) is 10.0. The van der Waals surface area contributed by atoms with E-state index in [2.05, 4.69) is 18.7 Å². The monoisotopic (exact) mass is 430 g/mol. The number of piperidine rings is 1. The molecule has 2 aromatic rings. The van der Waals surface area contributed by atoms with Gasteiger partial charge in [0.2, 0.25) is 10.0 Å². The Bertz CT molecular complexity index is 935. The third kappa shape index (κ3) is 5.02. The van der Waals surface area contributed by atoms with E-state index in [9.17, 15) is 13.2 Å². The van der Waals surface area contributed by atoms with Crippen LogP contribution in [0.2, 0.25) is 0 Å². The number of hydrogen-bond donors (Lipinski definition) is 0. The van der Waals surface area contributed by atoms with Crippen molar-refractivity contribution in [1.29, 1.82) is 0 Å². The van der Waals surface area contributed by atoms with Crippen LogP contribution >= 0.6 is 0 Å². The number of likely N-dealkylation sites (tertiary alicyclic amines) is 1. The highest BCUT2D eigenvalue weighted by Crippen LogP contribution is 2.28. The van der Waals surface area contributed by atoms with Crippen molar-refractivity contribution in [2.45, 2.75) is 44.5 Å². The van der Waals surface area contributed by atoms with Gasteiger partial charge in [0, 0.05) is 6.04 Å². The molecule has 0 N–H and O–H groups in total. The number of methoxy groups -OCH3 is 1. The van der Waals surface area contributed by atoms with E-state index in [1.807, 2.05) is 30.3 Å². The van der Waals surface area contributed by atoms with E-state index in [1.54, 1.807) is 24.3 Å². The first-order chi connectivity index (χ1) is 14.3. The number of hydrogen-bond acceptors (Lipinski definition) is 5. The number of carbonyl (C=O) groups is 1. The first-order valence-electron chi connectivity index (χ1n) is 10.3. The fourth-order valence-electron chi connectivity index (χ4n) is 3.82. The molecule has 162 valence electrons. The first kappa shape index (κ1) is 22.3. The van der Waals surface area contributed by atoms with Crippen molar-refractivity contribution in [3.8, 4) is 0 Å². The molecule has 0 saturated carbocycles. The van der Waals surface area contributed by atoms with E-state index in [0.717, 1.165) is 18.7 Å². The third-order valence-corrected chi connectivity index (χ3v) is 7.95. The van der Waals surface area contributed by atoms with Crippen LogP contribution < -0.4 is 4.31 Å². The van der Waals surface area contributed by atoms with Crippen molar-refractivity contribution in [2.75, 3.05) is 24.5 Å². The first-order valence-corrected chi connectivity index (χ1v) is 11.8. The molecule has 2 aromatic carbocycles. The Morgan fingerprint density at radius 3 is 2.20 bits per heavy atom. The van der Waals surface area contributed by atoms with Crippen molar-refractivity contribution >= 4 is 21.7 Å². The lowest BCUT2D eigenvalue weighted by molar-refractivity contribution is 0.0600. The highest BCUT2D eigenvalue weighted by molar-refractivity contribution is 7.93. The van der Waals surface area contributed by atoms with Gasteiger partial charge in [-0.2, -0.15) is 0 Å². The van der Waals surface area contributed by atoms with E-state index >= 15 is 0 Å². The van der Waals surface area contributed by atoms with Crippen molar-refractivity contribution in [3.05, 3.63) is 65.7 Å². The maximum absolute atomic E-state index is 13.6. The summed E-state index contributed by atoms with van der Waals surface area (Å²) in [6, 6.07) is 16.5. The molecule has 0 spiro atoms. The van der Waals surface area contributed by atoms with Crippen molar-refractivity contribution < 1.29 is 17.9 Å². The number of sulfonamides is 1. The van der Waals surface area contributed by atoms with E-state index in [0.29, 0.717) is 30.1 Å². The van der Waals surface area contributed by atoms with Gasteiger partial charge in [0.25, 0.3) is 0 Å². The summed E-state index contributed by atoms with van der Waals surface area (Å²) >= 11 is 0. The molecular formula is C23H30N2O4S. The van der Waals surface area contributed by atoms with Gasteiger partial charge >= 0.3 is 5.97 Å². The normalized spacial score (nSPS) is 15.9. The van der Waals surface area contributed by atoms with Crippen LogP contribution in [0.25, 0.3) is 0 Å². The molecule has 0 radical (unpaired) electrons. The summed E-state index contributed by atoms with van der Waals surface area (Å²) in [6.45, 7) is 6.08. The number of nitrogens with zero attached hydrogens (tertiary/aromatic N) is 2. The van der Waals surface area contributed by atoms with Crippen molar-refractivity contribution in [2.24, 2.45) is 0 Å². The van der Waals surface area contributed by atoms with Crippen LogP contribution in [0.3, 0.4) is 0 Å². The largest absolute Gasteiger partial charge is 0.465 e. The summed E-state index contributed by atoms with van der Waals surface area (Å²) in [4.78, 5) is 14.0. The summed E-state index contributed by atoms with van der Waals surface area (Å²) in [5, 5.41) is -0.401. The molecule has 0 aromatic heterocycles. The average Bonchev–Trinajstić information content (AvgIpc) is 2.77. The minimum absolute atomic E-state index is 0.220. The number of benzene rings is 2. The van der Waals surface area contributed by atoms with Crippen molar-refractivity contribution in [3.63, 3.8) is 0 Å². The molecule has 0 bridgehead atoms. The van der Waals surface area contributed by atoms with Crippen LogP contribution in [0.15, 0.2) is 54.6 Å². The smallest absolute Gasteiger partial charge is 0.337 e. The molecule has 30 heavy (non-hydrogen) atoms. The number of anilines is 1. The number of esters is 1. The number of ether oxygens (including phenoxy) is 1. The summed E-state index contributed by atoms with van der Waals surface area (Å²) in [7, 11) is -2.20. The molecule has 6 nitrogen and oxygen atoms in total. The molecule has 0 aliphatic carbocycles. The fraction of sp³-hybridized carbons (Fsp3) is 0.435. The lowest BCUT2D eigenvalue weighted by Crippen LogP contribution is -2.47. The van der Waals surface area contributed by atoms with Gasteiger partial charge in [0.05, 0.1) is 30.2 Å². The quantitative estimate of drug-likeness (QED) is 0.627. The van der Waals surface area contributed by atoms with E-state index in [4.69, 9.17) is 4.74 Å². The summed E-state index contributed by atoms with van der Waals surface area (Å²) in [5.41, 5.74) is 1.91. The summed E-state index contributed by atoms with van der Waals surface area (Å²) < 4.78 is 33.5. The standard InChI is InChI=1S/C23H30N2O4S/c1-18(2)24-15-13-22(14-16-24)30(27,28)25(21-7-5-4-6-8-21)17-19-9-11-20(12-10-19)23(26)29-3/h4-12,18,22H,13-17H2,1-3H3. The zero-order chi connectivity index (χ0) is 21.7. The fourth-order valence-corrected chi connectivity index (χ4v) is 5.73. The molecule has 1 heterocycles. The Hall–Kier alpha value is -2.38. The van der Waals surface area contributed by atoms with Crippen LogP contribution in [-0.2, 0) is 21.3 Å². The Kier molecular flexibility index (Phi) is 7.15. The molecule has 0 unspecified atom stereocenters. The topological polar surface area (TPSA) is 66.9 Å². The Morgan fingerprint density at radius 1 is 1.07 bits per heavy atom. The van der Waals surface area contributed by atoms with E-state index in [1.165, 1.54) is 11.4 Å². The Labute approximate surface area is 179 Å². The Morgan fingerprint density at radius 2 is 1.67 bits per heavy atom. The molecule has 0 amide bonds. The van der Waals surface area contributed by atoms with Crippen LogP contribution in [0.4, 0.5) is 5.69 Å². The van der Waals surface area contributed by atoms with Gasteiger partial charge in [-0.3, -0.25) is 4.31 Å². The number of para-hydroxylation sites is 1. The zero-order valence-electron chi connectivity index (χ0n) is 17.8. The van der Waals surface area contributed by atoms with Crippen molar-refractivity contribution in [1.82, 2.24) is 4.90 Å². The Balaban J connectivity index is 1.85. The molecule has 7 heteroatoms. The lowest BCUT2D eigenvalue weighted by atomic mass is 10.1. The summed E-state index contributed by atoms with van der Waals surface area (Å²) in [5.74, 6) is -0.411. The molecule has 1 saturated heterocycles. The van der Waals surface area contributed by atoms with Crippen LogP contribution in [-0.4, -0.2) is 50.8 Å². The van der Waals surface area contributed by atoms with E-state index in [-0.39, 0.29) is 6.54 Å². The van der Waals surface area contributed by atoms with Gasteiger partial charge in [-0.15, -0.1) is 0 Å². The number of carbonyl (C=O) groups excluding carboxylic acids is 1. The second kappa shape index (κ2) is 9.62. The van der Waals surface area contributed by atoms with Crippen LogP contribution in [0.5, 0.6) is 0 Å². The predicted molar refractivity (Wildman–Crippen MR) is 119 cm³/mol. The number of rotatable bonds is 7. The SMILES string of the molecule is COC(=O)c1ccc(CN(c2ccccc2)S(=O)(=O)C2CCN(C(C)C)CC2)cc1. The maximum Gasteiger partial charge on any atom is 0.337 e. The highest BCUT2D eigenvalue weighted by Gasteiger charge is 2.35. The third-order valence-electron chi connectivity index (χ3n) is 5.68. The van der Waals surface area contributed by atoms with Gasteiger partial charge in [-0.05, 0) is 69.6 Å². The van der Waals surface area contributed by atoms with Crippen LogP contribution in [0, 0.1) is 0 Å². The molecule has 3 rings (SSSR count). The molecule has 1 aliphatic rings. The maximum atomic E-state index is 13.6. The molecule has 1 aliphatic heterocycles. The summed E-state index contributed by atoms with van der Waals surface area (Å²) in [6.07, 6.45) is 1.26.